The molecule has 3 heterocycles. The van der Waals surface area contributed by atoms with Gasteiger partial charge in [0.1, 0.15) is 11.6 Å². The molecule has 0 radical (unpaired) electrons. The molecule has 4 aliphatic rings. The van der Waals surface area contributed by atoms with Gasteiger partial charge in [0.15, 0.2) is 5.11 Å². The van der Waals surface area contributed by atoms with Crippen molar-refractivity contribution >= 4 is 58.0 Å². The van der Waals surface area contributed by atoms with E-state index in [1.807, 2.05) is 11.0 Å². The fourth-order valence-corrected chi connectivity index (χ4v) is 9.08. The standard InChI is InChI=1S/C40H49F3N8O5S/c1-24-21-48(22-25(2)49(24)23-35(53)46-28-7-5-6-27(18-28)45-33-14-15-34(52)47-36(33)54)16-17-56-31-12-10-29(11-13-31)51-38(57)50(37(55)39(51,3)4)30-9-8-26(20-44)32(19-30)40(41,42)43/h5-9,18-19,24-25,29,31,33,45H,10-17,21-23H2,1-4H3,(H,46,53)(H,47,52,54)/t24-,25+,29-,31-,33-/m1/s1. The van der Waals surface area contributed by atoms with Crippen LogP contribution in [0.5, 0.6) is 0 Å². The van der Waals surface area contributed by atoms with E-state index in [1.54, 1.807) is 38.1 Å². The van der Waals surface area contributed by atoms with Crippen molar-refractivity contribution in [3.05, 3.63) is 53.6 Å². The number of anilines is 3. The van der Waals surface area contributed by atoms with Gasteiger partial charge in [0.2, 0.25) is 17.7 Å². The predicted octanol–water partition coefficient (Wildman–Crippen LogP) is 4.87. The van der Waals surface area contributed by atoms with Crippen molar-refractivity contribution in [2.24, 2.45) is 0 Å². The number of carbonyl (C=O) groups excluding carboxylic acids is 4. The first-order valence-corrected chi connectivity index (χ1v) is 19.8. The van der Waals surface area contributed by atoms with Crippen LogP contribution in [0, 0.1) is 11.3 Å². The second kappa shape index (κ2) is 17.1. The molecular formula is C40H49F3N8O5S. The number of hydrogen-bond donors (Lipinski definition) is 3. The summed E-state index contributed by atoms with van der Waals surface area (Å²) in [6, 6.07) is 11.6. The molecule has 3 atom stereocenters. The molecule has 0 aromatic heterocycles. The van der Waals surface area contributed by atoms with Gasteiger partial charge in [-0.15, -0.1) is 0 Å². The minimum Gasteiger partial charge on any atom is -0.377 e. The van der Waals surface area contributed by atoms with Gasteiger partial charge >= 0.3 is 6.18 Å². The molecule has 3 N–H and O–H groups in total. The summed E-state index contributed by atoms with van der Waals surface area (Å²) in [7, 11) is 0. The molecule has 17 heteroatoms. The van der Waals surface area contributed by atoms with E-state index in [-0.39, 0.29) is 65.7 Å². The van der Waals surface area contributed by atoms with Crippen LogP contribution in [-0.2, 0) is 30.1 Å². The summed E-state index contributed by atoms with van der Waals surface area (Å²) < 4.78 is 47.5. The van der Waals surface area contributed by atoms with Crippen molar-refractivity contribution in [1.29, 1.82) is 5.26 Å². The number of nitriles is 1. The van der Waals surface area contributed by atoms with Crippen LogP contribution in [0.2, 0.25) is 0 Å². The van der Waals surface area contributed by atoms with Crippen LogP contribution in [0.15, 0.2) is 42.5 Å². The normalized spacial score (nSPS) is 26.0. The van der Waals surface area contributed by atoms with Crippen LogP contribution in [-0.4, -0.2) is 112 Å². The number of nitrogens with one attached hydrogen (secondary N) is 3. The quantitative estimate of drug-likeness (QED) is 0.211. The number of rotatable bonds is 11. The number of amides is 4. The van der Waals surface area contributed by atoms with Crippen LogP contribution in [0.4, 0.5) is 30.2 Å². The zero-order chi connectivity index (χ0) is 41.2. The van der Waals surface area contributed by atoms with Crippen molar-refractivity contribution in [2.75, 3.05) is 48.3 Å². The monoisotopic (exact) mass is 810 g/mol. The first-order valence-electron chi connectivity index (χ1n) is 19.3. The van der Waals surface area contributed by atoms with E-state index in [0.29, 0.717) is 37.2 Å². The van der Waals surface area contributed by atoms with Crippen LogP contribution in [0.1, 0.15) is 77.3 Å². The van der Waals surface area contributed by atoms with Crippen LogP contribution >= 0.6 is 12.2 Å². The molecule has 2 aromatic carbocycles. The fraction of sp³-hybridized carbons (Fsp3) is 0.550. The zero-order valence-electron chi connectivity index (χ0n) is 32.5. The lowest BCUT2D eigenvalue weighted by molar-refractivity contribution is -0.138. The molecule has 4 amide bonds. The summed E-state index contributed by atoms with van der Waals surface area (Å²) in [5, 5.41) is 17.8. The maximum atomic E-state index is 13.7. The van der Waals surface area contributed by atoms with Gasteiger partial charge in [-0.25, -0.2) is 0 Å². The summed E-state index contributed by atoms with van der Waals surface area (Å²) in [5.74, 6) is -1.20. The minimum atomic E-state index is -4.76. The van der Waals surface area contributed by atoms with Gasteiger partial charge in [0.05, 0.1) is 42.1 Å². The number of imide groups is 1. The van der Waals surface area contributed by atoms with Gasteiger partial charge in [-0.05, 0) is 108 Å². The Morgan fingerprint density at radius 2 is 1.70 bits per heavy atom. The Morgan fingerprint density at radius 3 is 2.35 bits per heavy atom. The maximum Gasteiger partial charge on any atom is 0.417 e. The van der Waals surface area contributed by atoms with E-state index in [0.717, 1.165) is 49.5 Å². The molecule has 0 unspecified atom stereocenters. The Bertz CT molecular complexity index is 1920. The van der Waals surface area contributed by atoms with Gasteiger partial charge in [0, 0.05) is 55.6 Å². The Kier molecular flexibility index (Phi) is 12.6. The third-order valence-corrected chi connectivity index (χ3v) is 11.8. The second-order valence-corrected chi connectivity index (χ2v) is 16.3. The number of carbonyl (C=O) groups is 4. The number of thiocarbonyl (C=S) groups is 1. The molecule has 6 rings (SSSR count). The number of piperidine rings is 1. The molecular weight excluding hydrogens is 762 g/mol. The fourth-order valence-electron chi connectivity index (χ4n) is 8.52. The maximum absolute atomic E-state index is 13.7. The third-order valence-electron chi connectivity index (χ3n) is 11.4. The highest BCUT2D eigenvalue weighted by atomic mass is 32.1. The molecule has 306 valence electrons. The molecule has 2 aromatic rings. The first kappa shape index (κ1) is 42.0. The summed E-state index contributed by atoms with van der Waals surface area (Å²) in [6.07, 6.45) is -1.18. The summed E-state index contributed by atoms with van der Waals surface area (Å²) >= 11 is 5.74. The van der Waals surface area contributed by atoms with E-state index in [2.05, 4.69) is 39.6 Å². The van der Waals surface area contributed by atoms with Gasteiger partial charge < -0.3 is 20.3 Å². The number of piperazine rings is 1. The van der Waals surface area contributed by atoms with Gasteiger partial charge in [0.25, 0.3) is 5.91 Å². The van der Waals surface area contributed by atoms with Gasteiger partial charge in [-0.2, -0.15) is 18.4 Å². The number of benzene rings is 2. The smallest absolute Gasteiger partial charge is 0.377 e. The van der Waals surface area contributed by atoms with Crippen LogP contribution in [0.3, 0.4) is 0 Å². The summed E-state index contributed by atoms with van der Waals surface area (Å²) in [4.78, 5) is 57.9. The lowest BCUT2D eigenvalue weighted by Crippen LogP contribution is -2.58. The Balaban J connectivity index is 0.943. The van der Waals surface area contributed by atoms with E-state index in [4.69, 9.17) is 17.0 Å². The lowest BCUT2D eigenvalue weighted by atomic mass is 9.89. The average molecular weight is 811 g/mol. The predicted molar refractivity (Wildman–Crippen MR) is 211 cm³/mol. The highest BCUT2D eigenvalue weighted by molar-refractivity contribution is 7.80. The molecule has 1 saturated carbocycles. The van der Waals surface area contributed by atoms with E-state index < -0.39 is 34.8 Å². The first-order chi connectivity index (χ1) is 27.0. The highest BCUT2D eigenvalue weighted by Crippen LogP contribution is 2.40. The van der Waals surface area contributed by atoms with E-state index in [9.17, 15) is 37.6 Å². The molecule has 57 heavy (non-hydrogen) atoms. The SMILES string of the molecule is C[C@@H]1CN(CCO[C@H]2CC[C@H](N3C(=S)N(c4ccc(C#N)c(C(F)(F)F)c4)C(=O)C3(C)C)CC2)C[C@H](C)N1CC(=O)Nc1cccc(N[C@@H]2CCC(=O)NC2=O)c1. The topological polar surface area (TPSA) is 150 Å². The Labute approximate surface area is 335 Å². The molecule has 13 nitrogen and oxygen atoms in total. The highest BCUT2D eigenvalue weighted by Gasteiger charge is 2.52. The second-order valence-electron chi connectivity index (χ2n) is 15.9. The minimum absolute atomic E-state index is 0.0134. The van der Waals surface area contributed by atoms with Gasteiger partial charge in [-0.3, -0.25) is 39.2 Å². The van der Waals surface area contributed by atoms with Crippen molar-refractivity contribution < 1.29 is 37.1 Å². The molecule has 4 fully saturated rings. The van der Waals surface area contributed by atoms with Crippen LogP contribution < -0.4 is 20.9 Å². The van der Waals surface area contributed by atoms with E-state index in [1.165, 1.54) is 6.07 Å². The number of alkyl halides is 3. The van der Waals surface area contributed by atoms with Crippen molar-refractivity contribution in [1.82, 2.24) is 20.0 Å². The van der Waals surface area contributed by atoms with Crippen molar-refractivity contribution in [3.63, 3.8) is 0 Å². The molecule has 3 aliphatic heterocycles. The van der Waals surface area contributed by atoms with Gasteiger partial charge in [-0.1, -0.05) is 6.07 Å². The average Bonchev–Trinajstić information content (AvgIpc) is 3.32. The summed E-state index contributed by atoms with van der Waals surface area (Å²) in [5.41, 5.74) is -1.43. The van der Waals surface area contributed by atoms with Crippen LogP contribution in [0.25, 0.3) is 0 Å². The lowest BCUT2D eigenvalue weighted by Gasteiger charge is -2.44. The van der Waals surface area contributed by atoms with E-state index >= 15 is 0 Å². The van der Waals surface area contributed by atoms with Crippen molar-refractivity contribution in [2.45, 2.75) is 108 Å². The number of hydrogen-bond acceptors (Lipinski definition) is 10. The van der Waals surface area contributed by atoms with Crippen molar-refractivity contribution in [3.8, 4) is 6.07 Å². The number of halogens is 3. The third kappa shape index (κ3) is 9.41. The summed E-state index contributed by atoms with van der Waals surface area (Å²) in [6.45, 7) is 10.7. The number of nitrogens with zero attached hydrogens (tertiary/aromatic N) is 5. The molecule has 0 spiro atoms. The number of ether oxygens (including phenoxy) is 1. The molecule has 0 bridgehead atoms. The Morgan fingerprint density at radius 1 is 1.02 bits per heavy atom. The zero-order valence-corrected chi connectivity index (χ0v) is 33.3. The molecule has 3 saturated heterocycles. The largest absolute Gasteiger partial charge is 0.417 e. The molecule has 1 aliphatic carbocycles. The Hall–Kier alpha value is -4.63.